The monoisotopic (exact) mass is 204 g/mol. The van der Waals surface area contributed by atoms with Crippen LogP contribution in [0.3, 0.4) is 0 Å². The second-order valence-corrected chi connectivity index (χ2v) is 5.09. The topological polar surface area (TPSA) is 20.2 Å². The van der Waals surface area contributed by atoms with Gasteiger partial charge in [0.15, 0.2) is 0 Å². The van der Waals surface area contributed by atoms with Gasteiger partial charge in [-0.05, 0) is 60.8 Å². The largest absolute Gasteiger partial charge is 0.508 e. The third-order valence-electron chi connectivity index (χ3n) is 3.86. The molecular formula is C14H20O. The Labute approximate surface area is 92.1 Å². The molecule has 2 rings (SSSR count). The summed E-state index contributed by atoms with van der Waals surface area (Å²) in [6, 6.07) is 3.93. The lowest BCUT2D eigenvalue weighted by Crippen LogP contribution is -2.19. The number of fused-ring (bicyclic) bond motifs is 1. The molecule has 0 amide bonds. The fourth-order valence-electron chi connectivity index (χ4n) is 2.59. The van der Waals surface area contributed by atoms with Crippen molar-refractivity contribution in [2.45, 2.75) is 40.0 Å². The molecule has 0 saturated carbocycles. The van der Waals surface area contributed by atoms with E-state index in [0.29, 0.717) is 5.75 Å². The Kier molecular flexibility index (Phi) is 2.72. The molecule has 1 atom stereocenters. The second-order valence-electron chi connectivity index (χ2n) is 5.09. The van der Waals surface area contributed by atoms with Gasteiger partial charge >= 0.3 is 0 Å². The van der Waals surface area contributed by atoms with Crippen molar-refractivity contribution in [1.29, 1.82) is 0 Å². The zero-order valence-electron chi connectivity index (χ0n) is 9.88. The van der Waals surface area contributed by atoms with Gasteiger partial charge in [-0.3, -0.25) is 0 Å². The maximum Gasteiger partial charge on any atom is 0.118 e. The van der Waals surface area contributed by atoms with Crippen molar-refractivity contribution in [3.8, 4) is 5.75 Å². The second kappa shape index (κ2) is 3.88. The minimum Gasteiger partial charge on any atom is -0.508 e. The first-order valence-electron chi connectivity index (χ1n) is 5.90. The third kappa shape index (κ3) is 1.88. The molecule has 0 radical (unpaired) electrons. The molecule has 82 valence electrons. The summed E-state index contributed by atoms with van der Waals surface area (Å²) in [5.74, 6) is 2.00. The van der Waals surface area contributed by atoms with Crippen LogP contribution in [0.5, 0.6) is 5.75 Å². The summed E-state index contributed by atoms with van der Waals surface area (Å²) >= 11 is 0. The molecule has 1 heteroatoms. The predicted octanol–water partition coefficient (Wildman–Crippen LogP) is 3.46. The van der Waals surface area contributed by atoms with Crippen molar-refractivity contribution in [3.05, 3.63) is 28.8 Å². The molecule has 0 heterocycles. The number of phenolic OH excluding ortho intramolecular Hbond substituents is 1. The summed E-state index contributed by atoms with van der Waals surface area (Å²) in [6.45, 7) is 6.64. The van der Waals surface area contributed by atoms with Gasteiger partial charge < -0.3 is 5.11 Å². The van der Waals surface area contributed by atoms with E-state index >= 15 is 0 Å². The van der Waals surface area contributed by atoms with E-state index in [1.165, 1.54) is 24.0 Å². The maximum atomic E-state index is 9.70. The van der Waals surface area contributed by atoms with Crippen molar-refractivity contribution < 1.29 is 5.11 Å². The van der Waals surface area contributed by atoms with Crippen LogP contribution in [0.1, 0.15) is 37.0 Å². The standard InChI is InChI=1S/C14H20O/c1-9(2)12-5-4-11-6-7-14(15)10(3)13(11)8-12/h6-7,9,12,15H,4-5,8H2,1-3H3/t12-/m1/s1. The number of hydrogen-bond acceptors (Lipinski definition) is 1. The van der Waals surface area contributed by atoms with Gasteiger partial charge in [0, 0.05) is 0 Å². The average Bonchev–Trinajstić information content (AvgIpc) is 2.23. The van der Waals surface area contributed by atoms with Crippen LogP contribution >= 0.6 is 0 Å². The van der Waals surface area contributed by atoms with Gasteiger partial charge in [0.05, 0.1) is 0 Å². The Hall–Kier alpha value is -0.980. The summed E-state index contributed by atoms with van der Waals surface area (Å²) in [4.78, 5) is 0. The lowest BCUT2D eigenvalue weighted by Gasteiger charge is -2.28. The van der Waals surface area contributed by atoms with Crippen LogP contribution < -0.4 is 0 Å². The number of aromatic hydroxyl groups is 1. The fourth-order valence-corrected chi connectivity index (χ4v) is 2.59. The Morgan fingerprint density at radius 1 is 1.33 bits per heavy atom. The number of benzene rings is 1. The summed E-state index contributed by atoms with van der Waals surface area (Å²) in [7, 11) is 0. The lowest BCUT2D eigenvalue weighted by atomic mass is 9.77. The fraction of sp³-hybridized carbons (Fsp3) is 0.571. The number of rotatable bonds is 1. The molecule has 1 aliphatic carbocycles. The van der Waals surface area contributed by atoms with Gasteiger partial charge in [0.1, 0.15) is 5.75 Å². The van der Waals surface area contributed by atoms with E-state index in [0.717, 1.165) is 23.8 Å². The van der Waals surface area contributed by atoms with Crippen molar-refractivity contribution >= 4 is 0 Å². The highest BCUT2D eigenvalue weighted by Crippen LogP contribution is 2.34. The minimum absolute atomic E-state index is 0.457. The molecule has 0 saturated heterocycles. The summed E-state index contributed by atoms with van der Waals surface area (Å²) in [5.41, 5.74) is 3.94. The first-order valence-corrected chi connectivity index (χ1v) is 5.90. The Balaban J connectivity index is 2.35. The van der Waals surface area contributed by atoms with E-state index in [2.05, 4.69) is 19.9 Å². The van der Waals surface area contributed by atoms with Gasteiger partial charge in [-0.25, -0.2) is 0 Å². The van der Waals surface area contributed by atoms with Crippen LogP contribution in [-0.2, 0) is 12.8 Å². The normalized spacial score (nSPS) is 20.4. The molecule has 1 aliphatic rings. The van der Waals surface area contributed by atoms with Crippen LogP contribution in [0.15, 0.2) is 12.1 Å². The van der Waals surface area contributed by atoms with Crippen LogP contribution in [-0.4, -0.2) is 5.11 Å². The van der Waals surface area contributed by atoms with Gasteiger partial charge in [-0.15, -0.1) is 0 Å². The average molecular weight is 204 g/mol. The predicted molar refractivity (Wildman–Crippen MR) is 63.2 cm³/mol. The molecule has 1 nitrogen and oxygen atoms in total. The van der Waals surface area contributed by atoms with E-state index in [1.807, 2.05) is 13.0 Å². The molecular weight excluding hydrogens is 184 g/mol. The molecule has 0 bridgehead atoms. The highest BCUT2D eigenvalue weighted by molar-refractivity contribution is 5.44. The first-order chi connectivity index (χ1) is 7.09. The van der Waals surface area contributed by atoms with E-state index in [4.69, 9.17) is 0 Å². The van der Waals surface area contributed by atoms with Gasteiger partial charge in [0.25, 0.3) is 0 Å². The highest BCUT2D eigenvalue weighted by Gasteiger charge is 2.23. The summed E-state index contributed by atoms with van der Waals surface area (Å²) < 4.78 is 0. The molecule has 0 aliphatic heterocycles. The molecule has 15 heavy (non-hydrogen) atoms. The van der Waals surface area contributed by atoms with Crippen molar-refractivity contribution in [3.63, 3.8) is 0 Å². The van der Waals surface area contributed by atoms with E-state index < -0.39 is 0 Å². The molecule has 1 N–H and O–H groups in total. The molecule has 1 aromatic rings. The zero-order valence-corrected chi connectivity index (χ0v) is 9.88. The van der Waals surface area contributed by atoms with Crippen LogP contribution in [0.4, 0.5) is 0 Å². The molecule has 1 aromatic carbocycles. The SMILES string of the molecule is Cc1c(O)ccc2c1C[C@H](C(C)C)CC2. The lowest BCUT2D eigenvalue weighted by molar-refractivity contribution is 0.341. The van der Waals surface area contributed by atoms with E-state index in [1.54, 1.807) is 0 Å². The van der Waals surface area contributed by atoms with Crippen molar-refractivity contribution in [2.75, 3.05) is 0 Å². The quantitative estimate of drug-likeness (QED) is 0.742. The molecule has 0 fully saturated rings. The van der Waals surface area contributed by atoms with E-state index in [-0.39, 0.29) is 0 Å². The number of aryl methyl sites for hydroxylation is 1. The minimum atomic E-state index is 0.457. The van der Waals surface area contributed by atoms with Gasteiger partial charge in [0.2, 0.25) is 0 Å². The summed E-state index contributed by atoms with van der Waals surface area (Å²) in [5, 5.41) is 9.70. The van der Waals surface area contributed by atoms with Crippen LogP contribution in [0.25, 0.3) is 0 Å². The van der Waals surface area contributed by atoms with Crippen LogP contribution in [0.2, 0.25) is 0 Å². The maximum absolute atomic E-state index is 9.70. The smallest absolute Gasteiger partial charge is 0.118 e. The first kappa shape index (κ1) is 10.5. The van der Waals surface area contributed by atoms with Crippen LogP contribution in [0, 0.1) is 18.8 Å². The van der Waals surface area contributed by atoms with Gasteiger partial charge in [-0.2, -0.15) is 0 Å². The number of hydrogen-bond donors (Lipinski definition) is 1. The molecule has 0 spiro atoms. The van der Waals surface area contributed by atoms with Crippen molar-refractivity contribution in [1.82, 2.24) is 0 Å². The Morgan fingerprint density at radius 3 is 2.73 bits per heavy atom. The number of phenols is 1. The third-order valence-corrected chi connectivity index (χ3v) is 3.86. The Morgan fingerprint density at radius 2 is 2.07 bits per heavy atom. The molecule has 0 aromatic heterocycles. The van der Waals surface area contributed by atoms with Gasteiger partial charge in [-0.1, -0.05) is 19.9 Å². The summed E-state index contributed by atoms with van der Waals surface area (Å²) in [6.07, 6.45) is 3.63. The van der Waals surface area contributed by atoms with E-state index in [9.17, 15) is 5.11 Å². The Bertz CT molecular complexity index is 366. The highest BCUT2D eigenvalue weighted by atomic mass is 16.3. The molecule has 0 unspecified atom stereocenters. The van der Waals surface area contributed by atoms with Crippen molar-refractivity contribution in [2.24, 2.45) is 11.8 Å². The zero-order chi connectivity index (χ0) is 11.0.